The van der Waals surface area contributed by atoms with Crippen molar-refractivity contribution in [3.8, 4) is 5.75 Å². The first-order chi connectivity index (χ1) is 9.08. The zero-order valence-corrected chi connectivity index (χ0v) is 12.0. The van der Waals surface area contributed by atoms with Crippen LogP contribution < -0.4 is 4.74 Å². The number of halogens is 2. The molecule has 98 valence electrons. The average Bonchev–Trinajstić information content (AvgIpc) is 2.38. The second-order valence-corrected chi connectivity index (χ2v) is 5.04. The standard InChI is InChI=1S/C13H9BrClNO3/c14-11-3-1-2-4-13(11)19-8-9-5-6-10(15)7-12(9)16(17)18/h1-7H,8H2. The highest BCUT2D eigenvalue weighted by Crippen LogP contribution is 2.27. The number of ether oxygens (including phenoxy) is 1. The van der Waals surface area contributed by atoms with Gasteiger partial charge in [0.15, 0.2) is 0 Å². The van der Waals surface area contributed by atoms with Crippen LogP contribution in [0.15, 0.2) is 46.9 Å². The van der Waals surface area contributed by atoms with E-state index in [1.807, 2.05) is 18.2 Å². The van der Waals surface area contributed by atoms with E-state index in [1.165, 1.54) is 6.07 Å². The lowest BCUT2D eigenvalue weighted by Crippen LogP contribution is -2.01. The Balaban J connectivity index is 2.20. The Morgan fingerprint density at radius 1 is 1.26 bits per heavy atom. The molecule has 0 fully saturated rings. The predicted octanol–water partition coefficient (Wildman–Crippen LogP) is 4.59. The van der Waals surface area contributed by atoms with Crippen molar-refractivity contribution >= 4 is 33.2 Å². The summed E-state index contributed by atoms with van der Waals surface area (Å²) in [5.74, 6) is 0.631. The van der Waals surface area contributed by atoms with Crippen LogP contribution in [0.5, 0.6) is 5.75 Å². The van der Waals surface area contributed by atoms with Crippen molar-refractivity contribution in [3.05, 3.63) is 67.6 Å². The zero-order valence-electron chi connectivity index (χ0n) is 9.68. The average molecular weight is 343 g/mol. The Hall–Kier alpha value is -1.59. The minimum absolute atomic E-state index is 0.0421. The van der Waals surface area contributed by atoms with E-state index in [9.17, 15) is 10.1 Å². The molecule has 0 aliphatic heterocycles. The Kier molecular flexibility index (Phi) is 4.39. The molecule has 0 bridgehead atoms. The van der Waals surface area contributed by atoms with E-state index >= 15 is 0 Å². The van der Waals surface area contributed by atoms with Crippen molar-refractivity contribution < 1.29 is 9.66 Å². The molecule has 0 unspecified atom stereocenters. The quantitative estimate of drug-likeness (QED) is 0.603. The molecule has 2 aromatic rings. The third-order valence-corrected chi connectivity index (χ3v) is 3.35. The van der Waals surface area contributed by atoms with E-state index in [1.54, 1.807) is 18.2 Å². The molecular formula is C13H9BrClNO3. The number of nitro benzene ring substituents is 1. The lowest BCUT2D eigenvalue weighted by molar-refractivity contribution is -0.385. The summed E-state index contributed by atoms with van der Waals surface area (Å²) < 4.78 is 6.36. The van der Waals surface area contributed by atoms with Gasteiger partial charge in [0.25, 0.3) is 5.69 Å². The number of benzene rings is 2. The summed E-state index contributed by atoms with van der Waals surface area (Å²) in [6.07, 6.45) is 0. The van der Waals surface area contributed by atoms with Gasteiger partial charge in [0.2, 0.25) is 0 Å². The fourth-order valence-corrected chi connectivity index (χ4v) is 2.11. The Morgan fingerprint density at radius 3 is 2.68 bits per heavy atom. The maximum Gasteiger partial charge on any atom is 0.277 e. The molecule has 6 heteroatoms. The Bertz CT molecular complexity index is 619. The molecule has 4 nitrogen and oxygen atoms in total. The first-order valence-corrected chi connectivity index (χ1v) is 6.55. The number of nitrogens with zero attached hydrogens (tertiary/aromatic N) is 1. The third kappa shape index (κ3) is 3.45. The Labute approximate surface area is 123 Å². The summed E-state index contributed by atoms with van der Waals surface area (Å²) in [5.41, 5.74) is 0.435. The van der Waals surface area contributed by atoms with E-state index in [2.05, 4.69) is 15.9 Å². The highest BCUT2D eigenvalue weighted by Gasteiger charge is 2.15. The molecule has 0 atom stereocenters. The number of hydrogen-bond donors (Lipinski definition) is 0. The van der Waals surface area contributed by atoms with Gasteiger partial charge in [-0.1, -0.05) is 23.7 Å². The number of hydrogen-bond acceptors (Lipinski definition) is 3. The molecule has 0 N–H and O–H groups in total. The van der Waals surface area contributed by atoms with Crippen LogP contribution in [0.2, 0.25) is 5.02 Å². The molecule has 0 aliphatic carbocycles. The summed E-state index contributed by atoms with van der Waals surface area (Å²) >= 11 is 9.10. The minimum atomic E-state index is -0.468. The van der Waals surface area contributed by atoms with Gasteiger partial charge in [-0.25, -0.2) is 0 Å². The number of rotatable bonds is 4. The van der Waals surface area contributed by atoms with Gasteiger partial charge >= 0.3 is 0 Å². The van der Waals surface area contributed by atoms with Crippen LogP contribution in [-0.2, 0) is 6.61 Å². The van der Waals surface area contributed by atoms with Crippen molar-refractivity contribution in [2.45, 2.75) is 6.61 Å². The SMILES string of the molecule is O=[N+]([O-])c1cc(Cl)ccc1COc1ccccc1Br. The van der Waals surface area contributed by atoms with Crippen molar-refractivity contribution in [3.63, 3.8) is 0 Å². The molecule has 0 saturated heterocycles. The lowest BCUT2D eigenvalue weighted by atomic mass is 10.2. The molecule has 0 aliphatic rings. The molecule has 0 saturated carbocycles. The summed E-state index contributed by atoms with van der Waals surface area (Å²) in [6.45, 7) is 0.107. The van der Waals surface area contributed by atoms with Gasteiger partial charge in [-0.15, -0.1) is 0 Å². The highest BCUT2D eigenvalue weighted by molar-refractivity contribution is 9.10. The molecule has 0 heterocycles. The normalized spacial score (nSPS) is 10.2. The van der Waals surface area contributed by atoms with Gasteiger partial charge in [-0.05, 0) is 40.2 Å². The molecule has 0 spiro atoms. The zero-order chi connectivity index (χ0) is 13.8. The number of para-hydroxylation sites is 1. The van der Waals surface area contributed by atoms with Crippen LogP contribution in [-0.4, -0.2) is 4.92 Å². The molecule has 0 radical (unpaired) electrons. The second-order valence-electron chi connectivity index (χ2n) is 3.75. The van der Waals surface area contributed by atoms with Gasteiger partial charge in [-0.2, -0.15) is 0 Å². The number of nitro groups is 1. The van der Waals surface area contributed by atoms with E-state index in [0.29, 0.717) is 16.3 Å². The third-order valence-electron chi connectivity index (χ3n) is 2.46. The second kappa shape index (κ2) is 6.04. The van der Waals surface area contributed by atoms with E-state index in [-0.39, 0.29) is 12.3 Å². The highest BCUT2D eigenvalue weighted by atomic mass is 79.9. The largest absolute Gasteiger partial charge is 0.487 e. The maximum absolute atomic E-state index is 10.9. The van der Waals surface area contributed by atoms with Gasteiger partial charge < -0.3 is 4.74 Å². The summed E-state index contributed by atoms with van der Waals surface area (Å²) in [6, 6.07) is 11.8. The minimum Gasteiger partial charge on any atom is -0.487 e. The van der Waals surface area contributed by atoms with Gasteiger partial charge in [0.1, 0.15) is 12.4 Å². The predicted molar refractivity (Wildman–Crippen MR) is 76.6 cm³/mol. The monoisotopic (exact) mass is 341 g/mol. The van der Waals surface area contributed by atoms with Crippen LogP contribution in [0.3, 0.4) is 0 Å². The summed E-state index contributed by atoms with van der Waals surface area (Å²) in [5, 5.41) is 11.3. The molecule has 2 rings (SSSR count). The summed E-state index contributed by atoms with van der Waals surface area (Å²) in [4.78, 5) is 10.5. The topological polar surface area (TPSA) is 52.4 Å². The van der Waals surface area contributed by atoms with Crippen LogP contribution >= 0.6 is 27.5 Å². The molecule has 19 heavy (non-hydrogen) atoms. The van der Waals surface area contributed by atoms with Crippen molar-refractivity contribution in [1.29, 1.82) is 0 Å². The first kappa shape index (κ1) is 13.8. The van der Waals surface area contributed by atoms with Crippen molar-refractivity contribution in [2.24, 2.45) is 0 Å². The van der Waals surface area contributed by atoms with Gasteiger partial charge in [0, 0.05) is 11.1 Å². The van der Waals surface area contributed by atoms with Crippen molar-refractivity contribution in [1.82, 2.24) is 0 Å². The first-order valence-electron chi connectivity index (χ1n) is 5.38. The molecule has 0 amide bonds. The van der Waals surface area contributed by atoms with E-state index in [4.69, 9.17) is 16.3 Å². The van der Waals surface area contributed by atoms with Crippen LogP contribution in [0.1, 0.15) is 5.56 Å². The van der Waals surface area contributed by atoms with E-state index < -0.39 is 4.92 Å². The summed E-state index contributed by atoms with van der Waals surface area (Å²) in [7, 11) is 0. The fraction of sp³-hybridized carbons (Fsp3) is 0.0769. The van der Waals surface area contributed by atoms with Gasteiger partial charge in [-0.3, -0.25) is 10.1 Å². The lowest BCUT2D eigenvalue weighted by Gasteiger charge is -2.08. The molecule has 0 aromatic heterocycles. The Morgan fingerprint density at radius 2 is 2.00 bits per heavy atom. The molecule has 2 aromatic carbocycles. The van der Waals surface area contributed by atoms with Gasteiger partial charge in [0.05, 0.1) is 15.0 Å². The van der Waals surface area contributed by atoms with Crippen molar-refractivity contribution in [2.75, 3.05) is 0 Å². The van der Waals surface area contributed by atoms with Crippen LogP contribution in [0.4, 0.5) is 5.69 Å². The molecular weight excluding hydrogens is 334 g/mol. The van der Waals surface area contributed by atoms with Crippen LogP contribution in [0, 0.1) is 10.1 Å². The van der Waals surface area contributed by atoms with E-state index in [0.717, 1.165) is 4.47 Å². The smallest absolute Gasteiger partial charge is 0.277 e. The van der Waals surface area contributed by atoms with Crippen LogP contribution in [0.25, 0.3) is 0 Å². The maximum atomic E-state index is 10.9. The fourth-order valence-electron chi connectivity index (χ4n) is 1.55.